The summed E-state index contributed by atoms with van der Waals surface area (Å²) in [4.78, 5) is 0. The molecule has 0 saturated carbocycles. The van der Waals surface area contributed by atoms with Gasteiger partial charge in [-0.15, -0.1) is 0 Å². The van der Waals surface area contributed by atoms with Gasteiger partial charge in [-0.2, -0.15) is 5.10 Å². The van der Waals surface area contributed by atoms with Gasteiger partial charge in [0.1, 0.15) is 11.9 Å². The second-order valence-corrected chi connectivity index (χ2v) is 4.80. The molecule has 1 heterocycles. The molecule has 4 nitrogen and oxygen atoms in total. The molecular weight excluding hydrogens is 252 g/mol. The lowest BCUT2D eigenvalue weighted by molar-refractivity contribution is 0.206. The SMILES string of the molecule is CCCOc1cccc(C(O)c2ccnn2CCC)c1. The molecule has 0 aliphatic rings. The molecule has 0 bridgehead atoms. The molecule has 0 radical (unpaired) electrons. The molecule has 20 heavy (non-hydrogen) atoms. The molecule has 1 aromatic heterocycles. The van der Waals surface area contributed by atoms with E-state index in [9.17, 15) is 5.11 Å². The number of aliphatic hydroxyl groups is 1. The molecule has 2 rings (SSSR count). The largest absolute Gasteiger partial charge is 0.494 e. The average molecular weight is 274 g/mol. The van der Waals surface area contributed by atoms with Crippen molar-refractivity contribution in [3.63, 3.8) is 0 Å². The van der Waals surface area contributed by atoms with E-state index >= 15 is 0 Å². The number of aliphatic hydroxyl groups excluding tert-OH is 1. The summed E-state index contributed by atoms with van der Waals surface area (Å²) in [5, 5.41) is 14.8. The molecule has 1 N–H and O–H groups in total. The number of ether oxygens (including phenoxy) is 1. The summed E-state index contributed by atoms with van der Waals surface area (Å²) in [5.74, 6) is 0.796. The smallest absolute Gasteiger partial charge is 0.121 e. The molecule has 0 aliphatic heterocycles. The highest BCUT2D eigenvalue weighted by Gasteiger charge is 2.15. The third-order valence-corrected chi connectivity index (χ3v) is 3.11. The van der Waals surface area contributed by atoms with E-state index in [1.165, 1.54) is 0 Å². The van der Waals surface area contributed by atoms with Crippen molar-refractivity contribution in [2.24, 2.45) is 0 Å². The first-order chi connectivity index (χ1) is 9.76. The summed E-state index contributed by atoms with van der Waals surface area (Å²) in [6.07, 6.45) is 3.01. The Morgan fingerprint density at radius 3 is 2.85 bits per heavy atom. The zero-order chi connectivity index (χ0) is 14.4. The number of hydrogen-bond acceptors (Lipinski definition) is 3. The first-order valence-corrected chi connectivity index (χ1v) is 7.18. The maximum Gasteiger partial charge on any atom is 0.121 e. The third kappa shape index (κ3) is 3.39. The highest BCUT2D eigenvalue weighted by Crippen LogP contribution is 2.25. The van der Waals surface area contributed by atoms with Crippen LogP contribution in [0.1, 0.15) is 44.1 Å². The van der Waals surface area contributed by atoms with Crippen LogP contribution in [0.25, 0.3) is 0 Å². The zero-order valence-corrected chi connectivity index (χ0v) is 12.1. The van der Waals surface area contributed by atoms with E-state index in [1.807, 2.05) is 35.0 Å². The molecule has 0 aliphatic carbocycles. The van der Waals surface area contributed by atoms with E-state index in [1.54, 1.807) is 6.20 Å². The van der Waals surface area contributed by atoms with Crippen molar-refractivity contribution in [3.8, 4) is 5.75 Å². The van der Waals surface area contributed by atoms with Gasteiger partial charge < -0.3 is 9.84 Å². The Bertz CT molecular complexity index is 537. The fourth-order valence-electron chi connectivity index (χ4n) is 2.14. The van der Waals surface area contributed by atoms with Gasteiger partial charge in [-0.25, -0.2) is 0 Å². The van der Waals surface area contributed by atoms with Gasteiger partial charge in [0, 0.05) is 12.7 Å². The summed E-state index contributed by atoms with van der Waals surface area (Å²) in [6.45, 7) is 5.66. The minimum absolute atomic E-state index is 0.672. The summed E-state index contributed by atoms with van der Waals surface area (Å²) < 4.78 is 7.46. The summed E-state index contributed by atoms with van der Waals surface area (Å²) >= 11 is 0. The minimum atomic E-state index is -0.672. The van der Waals surface area contributed by atoms with Crippen LogP contribution in [0, 0.1) is 0 Å². The van der Waals surface area contributed by atoms with Crippen LogP contribution < -0.4 is 4.74 Å². The Hall–Kier alpha value is -1.81. The van der Waals surface area contributed by atoms with Crippen LogP contribution in [0.3, 0.4) is 0 Å². The van der Waals surface area contributed by atoms with Crippen LogP contribution in [0.15, 0.2) is 36.5 Å². The first kappa shape index (κ1) is 14.6. The molecule has 2 aromatic rings. The maximum absolute atomic E-state index is 10.5. The van der Waals surface area contributed by atoms with Gasteiger partial charge in [0.2, 0.25) is 0 Å². The molecule has 0 saturated heterocycles. The van der Waals surface area contributed by atoms with Crippen molar-refractivity contribution < 1.29 is 9.84 Å². The normalized spacial score (nSPS) is 12.3. The van der Waals surface area contributed by atoms with Gasteiger partial charge in [-0.1, -0.05) is 26.0 Å². The van der Waals surface area contributed by atoms with E-state index in [0.717, 1.165) is 36.4 Å². The van der Waals surface area contributed by atoms with E-state index in [2.05, 4.69) is 18.9 Å². The van der Waals surface area contributed by atoms with Gasteiger partial charge in [0.25, 0.3) is 0 Å². The van der Waals surface area contributed by atoms with Gasteiger partial charge in [-0.3, -0.25) is 4.68 Å². The lowest BCUT2D eigenvalue weighted by Gasteiger charge is -2.14. The number of hydrogen-bond donors (Lipinski definition) is 1. The number of aromatic nitrogens is 2. The molecule has 0 fully saturated rings. The first-order valence-electron chi connectivity index (χ1n) is 7.18. The second kappa shape index (κ2) is 7.10. The number of rotatable bonds is 7. The van der Waals surface area contributed by atoms with E-state index in [4.69, 9.17) is 4.74 Å². The fraction of sp³-hybridized carbons (Fsp3) is 0.438. The Balaban J connectivity index is 2.19. The second-order valence-electron chi connectivity index (χ2n) is 4.80. The Morgan fingerprint density at radius 1 is 1.25 bits per heavy atom. The van der Waals surface area contributed by atoms with Crippen LogP contribution in [0.5, 0.6) is 5.75 Å². The molecular formula is C16H22N2O2. The number of aryl methyl sites for hydroxylation is 1. The lowest BCUT2D eigenvalue weighted by Crippen LogP contribution is -2.10. The van der Waals surface area contributed by atoms with Crippen molar-refractivity contribution in [2.75, 3.05) is 6.61 Å². The van der Waals surface area contributed by atoms with Crippen molar-refractivity contribution in [2.45, 2.75) is 39.3 Å². The lowest BCUT2D eigenvalue weighted by atomic mass is 10.1. The van der Waals surface area contributed by atoms with Crippen molar-refractivity contribution in [1.82, 2.24) is 9.78 Å². The maximum atomic E-state index is 10.5. The summed E-state index contributed by atoms with van der Waals surface area (Å²) in [5.41, 5.74) is 1.65. The van der Waals surface area contributed by atoms with Crippen molar-refractivity contribution >= 4 is 0 Å². The predicted molar refractivity (Wildman–Crippen MR) is 78.8 cm³/mol. The topological polar surface area (TPSA) is 47.3 Å². The third-order valence-electron chi connectivity index (χ3n) is 3.11. The van der Waals surface area contributed by atoms with Gasteiger partial charge in [0.15, 0.2) is 0 Å². The van der Waals surface area contributed by atoms with E-state index in [0.29, 0.717) is 6.61 Å². The molecule has 0 spiro atoms. The zero-order valence-electron chi connectivity index (χ0n) is 12.1. The van der Waals surface area contributed by atoms with Gasteiger partial charge >= 0.3 is 0 Å². The van der Waals surface area contributed by atoms with E-state index < -0.39 is 6.10 Å². The molecule has 4 heteroatoms. The highest BCUT2D eigenvalue weighted by molar-refractivity contribution is 5.33. The molecule has 1 unspecified atom stereocenters. The molecule has 0 amide bonds. The monoisotopic (exact) mass is 274 g/mol. The Kier molecular flexibility index (Phi) is 5.18. The number of nitrogens with zero attached hydrogens (tertiary/aromatic N) is 2. The quantitative estimate of drug-likeness (QED) is 0.843. The molecule has 108 valence electrons. The minimum Gasteiger partial charge on any atom is -0.494 e. The van der Waals surface area contributed by atoms with Crippen LogP contribution in [-0.4, -0.2) is 21.5 Å². The van der Waals surface area contributed by atoms with Crippen LogP contribution in [0.4, 0.5) is 0 Å². The highest BCUT2D eigenvalue weighted by atomic mass is 16.5. The number of benzene rings is 1. The Morgan fingerprint density at radius 2 is 2.10 bits per heavy atom. The molecule has 1 atom stereocenters. The molecule has 1 aromatic carbocycles. The van der Waals surface area contributed by atoms with Gasteiger partial charge in [-0.05, 0) is 36.6 Å². The van der Waals surface area contributed by atoms with Crippen molar-refractivity contribution in [1.29, 1.82) is 0 Å². The van der Waals surface area contributed by atoms with Gasteiger partial charge in [0.05, 0.1) is 12.3 Å². The average Bonchev–Trinajstić information content (AvgIpc) is 2.93. The van der Waals surface area contributed by atoms with Crippen molar-refractivity contribution in [3.05, 3.63) is 47.8 Å². The fourth-order valence-corrected chi connectivity index (χ4v) is 2.14. The van der Waals surface area contributed by atoms with E-state index in [-0.39, 0.29) is 0 Å². The van der Waals surface area contributed by atoms with Crippen LogP contribution in [0.2, 0.25) is 0 Å². The summed E-state index contributed by atoms with van der Waals surface area (Å²) in [7, 11) is 0. The predicted octanol–water partition coefficient (Wildman–Crippen LogP) is 3.16. The van der Waals surface area contributed by atoms with Crippen LogP contribution in [-0.2, 0) is 6.54 Å². The standard InChI is InChI=1S/C16H22N2O2/c1-3-10-18-15(8-9-17-18)16(19)13-6-5-7-14(12-13)20-11-4-2/h5-9,12,16,19H,3-4,10-11H2,1-2H3. The van der Waals surface area contributed by atoms with Crippen LogP contribution >= 0.6 is 0 Å². The Labute approximate surface area is 120 Å². The summed E-state index contributed by atoms with van der Waals surface area (Å²) in [6, 6.07) is 9.48.